The SMILES string of the molecule is CN([O-])Cc1cc(Br)ccc1F.COc1cc(Nc2nccc(N3CCCCC3)n2)cc(OC)c1OC.[K+]. The zero-order chi connectivity index (χ0) is 26.8. The molecule has 1 aliphatic rings. The molecule has 38 heavy (non-hydrogen) atoms. The summed E-state index contributed by atoms with van der Waals surface area (Å²) >= 11 is 3.20. The molecule has 9 nitrogen and oxygen atoms in total. The molecule has 1 N–H and O–H groups in total. The maximum absolute atomic E-state index is 12.9. The summed E-state index contributed by atoms with van der Waals surface area (Å²) in [5.41, 5.74) is 1.17. The van der Waals surface area contributed by atoms with Gasteiger partial charge < -0.3 is 34.7 Å². The van der Waals surface area contributed by atoms with E-state index in [1.807, 2.05) is 18.2 Å². The number of ether oxygens (including phenoxy) is 3. The molecular formula is C26H32BrFKN5O4. The summed E-state index contributed by atoms with van der Waals surface area (Å²) in [6.45, 7) is 2.16. The van der Waals surface area contributed by atoms with Crippen LogP contribution in [-0.4, -0.2) is 56.5 Å². The third kappa shape index (κ3) is 9.59. The van der Waals surface area contributed by atoms with Crippen molar-refractivity contribution in [3.05, 3.63) is 63.7 Å². The van der Waals surface area contributed by atoms with Crippen LogP contribution in [0.5, 0.6) is 17.2 Å². The summed E-state index contributed by atoms with van der Waals surface area (Å²) in [5.74, 6) is 2.86. The Morgan fingerprint density at radius 3 is 2.26 bits per heavy atom. The molecule has 200 valence electrons. The Hall–Kier alpha value is -1.51. The van der Waals surface area contributed by atoms with Crippen LogP contribution in [-0.2, 0) is 6.54 Å². The van der Waals surface area contributed by atoms with Gasteiger partial charge in [0.15, 0.2) is 11.5 Å². The van der Waals surface area contributed by atoms with Gasteiger partial charge in [-0.1, -0.05) is 15.9 Å². The fourth-order valence-electron chi connectivity index (χ4n) is 3.90. The van der Waals surface area contributed by atoms with Gasteiger partial charge in [0.1, 0.15) is 11.6 Å². The van der Waals surface area contributed by atoms with E-state index < -0.39 is 0 Å². The van der Waals surface area contributed by atoms with Crippen LogP contribution in [0.25, 0.3) is 0 Å². The van der Waals surface area contributed by atoms with E-state index in [-0.39, 0.29) is 63.7 Å². The Labute approximate surface area is 274 Å². The molecule has 0 unspecified atom stereocenters. The van der Waals surface area contributed by atoms with Gasteiger partial charge in [-0.05, 0) is 50.6 Å². The quantitative estimate of drug-likeness (QED) is 0.303. The van der Waals surface area contributed by atoms with E-state index in [1.165, 1.54) is 32.4 Å². The van der Waals surface area contributed by atoms with E-state index in [2.05, 4.69) is 36.1 Å². The van der Waals surface area contributed by atoms with Gasteiger partial charge in [-0.3, -0.25) is 0 Å². The van der Waals surface area contributed by atoms with Gasteiger partial charge in [0.2, 0.25) is 11.7 Å². The number of anilines is 3. The summed E-state index contributed by atoms with van der Waals surface area (Å²) in [6, 6.07) is 10.2. The molecule has 2 heterocycles. The Morgan fingerprint density at radius 1 is 1.03 bits per heavy atom. The van der Waals surface area contributed by atoms with Gasteiger partial charge in [0.05, 0.1) is 21.3 Å². The van der Waals surface area contributed by atoms with Gasteiger partial charge in [0.25, 0.3) is 0 Å². The molecule has 0 spiro atoms. The summed E-state index contributed by atoms with van der Waals surface area (Å²) < 4.78 is 29.8. The van der Waals surface area contributed by atoms with E-state index in [4.69, 9.17) is 14.2 Å². The largest absolute Gasteiger partial charge is 1.00 e. The molecule has 12 heteroatoms. The van der Waals surface area contributed by atoms with Crippen molar-refractivity contribution in [3.63, 3.8) is 0 Å². The Balaban J connectivity index is 0.000000330. The topological polar surface area (TPSA) is 95.0 Å². The maximum Gasteiger partial charge on any atom is 1.00 e. The maximum atomic E-state index is 12.9. The third-order valence-corrected chi connectivity index (χ3v) is 6.14. The fraction of sp³-hybridized carbons (Fsp3) is 0.385. The second-order valence-electron chi connectivity index (χ2n) is 8.35. The Bertz CT molecular complexity index is 1140. The van der Waals surface area contributed by atoms with Crippen LogP contribution < -0.4 is 75.8 Å². The first kappa shape index (κ1) is 32.7. The molecule has 0 atom stereocenters. The van der Waals surface area contributed by atoms with Gasteiger partial charge >= 0.3 is 51.4 Å². The zero-order valence-corrected chi connectivity index (χ0v) is 27.2. The Kier molecular flexibility index (Phi) is 14.2. The molecule has 0 amide bonds. The number of aromatic nitrogens is 2. The molecule has 1 fully saturated rings. The second kappa shape index (κ2) is 16.6. The number of methoxy groups -OCH3 is 3. The number of nitrogens with one attached hydrogen (secondary N) is 1. The molecule has 0 radical (unpaired) electrons. The van der Waals surface area contributed by atoms with Crippen LogP contribution in [0.4, 0.5) is 21.8 Å². The number of hydrogen-bond acceptors (Lipinski definition) is 9. The van der Waals surface area contributed by atoms with E-state index in [9.17, 15) is 9.60 Å². The average molecular weight is 617 g/mol. The standard InChI is InChI=1S/C18H24N4O3.C8H8BrFNO.K/c1-23-14-11-13(12-15(24-2)17(14)25-3)20-18-19-8-7-16(21-18)22-9-5-4-6-10-22;1-11(12)5-6-4-7(9)2-3-8(6)10;/h7-8,11-12H,4-6,9-10H2,1-3H3,(H,19,20,21);2-4H,5H2,1H3;/q;-1;+1. The predicted molar refractivity (Wildman–Crippen MR) is 146 cm³/mol. The summed E-state index contributed by atoms with van der Waals surface area (Å²) in [6.07, 6.45) is 5.48. The molecule has 1 saturated heterocycles. The van der Waals surface area contributed by atoms with Crippen LogP contribution in [0.15, 0.2) is 47.1 Å². The van der Waals surface area contributed by atoms with Crippen LogP contribution in [0, 0.1) is 11.0 Å². The van der Waals surface area contributed by atoms with Crippen LogP contribution in [0.2, 0.25) is 0 Å². The molecular weight excluding hydrogens is 584 g/mol. The molecule has 0 bridgehead atoms. The van der Waals surface area contributed by atoms with Gasteiger partial charge in [0, 0.05) is 53.7 Å². The summed E-state index contributed by atoms with van der Waals surface area (Å²) in [5, 5.41) is 14.5. The molecule has 3 aromatic rings. The normalized spacial score (nSPS) is 12.7. The van der Waals surface area contributed by atoms with Crippen molar-refractivity contribution in [1.29, 1.82) is 0 Å². The smallest absolute Gasteiger partial charge is 0.785 e. The first-order valence-electron chi connectivity index (χ1n) is 11.8. The van der Waals surface area contributed by atoms with Crippen LogP contribution >= 0.6 is 15.9 Å². The van der Waals surface area contributed by atoms with Crippen molar-refractivity contribution in [2.24, 2.45) is 0 Å². The minimum Gasteiger partial charge on any atom is -0.785 e. The van der Waals surface area contributed by atoms with Crippen LogP contribution in [0.1, 0.15) is 24.8 Å². The van der Waals surface area contributed by atoms with Crippen molar-refractivity contribution in [3.8, 4) is 17.2 Å². The predicted octanol–water partition coefficient (Wildman–Crippen LogP) is 2.76. The number of nitrogens with zero attached hydrogens (tertiary/aromatic N) is 4. The number of hydroxylamine groups is 2. The molecule has 0 saturated carbocycles. The van der Waals surface area contributed by atoms with E-state index >= 15 is 0 Å². The number of halogens is 2. The fourth-order valence-corrected chi connectivity index (χ4v) is 4.30. The Morgan fingerprint density at radius 2 is 1.68 bits per heavy atom. The molecule has 2 aromatic carbocycles. The summed E-state index contributed by atoms with van der Waals surface area (Å²) in [7, 11) is 6.13. The first-order chi connectivity index (χ1) is 17.8. The molecule has 4 rings (SSSR count). The second-order valence-corrected chi connectivity index (χ2v) is 9.26. The van der Waals surface area contributed by atoms with Crippen molar-refractivity contribution in [2.75, 3.05) is 51.7 Å². The van der Waals surface area contributed by atoms with Gasteiger partial charge in [-0.15, -0.1) is 0 Å². The monoisotopic (exact) mass is 615 g/mol. The van der Waals surface area contributed by atoms with Crippen LogP contribution in [0.3, 0.4) is 0 Å². The summed E-state index contributed by atoms with van der Waals surface area (Å²) in [4.78, 5) is 11.3. The number of piperidine rings is 1. The first-order valence-corrected chi connectivity index (χ1v) is 12.6. The third-order valence-electron chi connectivity index (χ3n) is 5.64. The molecule has 1 aliphatic heterocycles. The minimum atomic E-state index is -0.346. The van der Waals surface area contributed by atoms with Crippen molar-refractivity contribution in [2.45, 2.75) is 25.8 Å². The van der Waals surface area contributed by atoms with Crippen molar-refractivity contribution < 1.29 is 70.0 Å². The molecule has 0 aliphatic carbocycles. The van der Waals surface area contributed by atoms with Crippen molar-refractivity contribution >= 4 is 33.4 Å². The van der Waals surface area contributed by atoms with E-state index in [0.717, 1.165) is 29.1 Å². The van der Waals surface area contributed by atoms with Crippen molar-refractivity contribution in [1.82, 2.24) is 15.0 Å². The number of rotatable bonds is 8. The molecule has 1 aromatic heterocycles. The average Bonchev–Trinajstić information content (AvgIpc) is 2.91. The van der Waals surface area contributed by atoms with Gasteiger partial charge in [-0.2, -0.15) is 4.98 Å². The van der Waals surface area contributed by atoms with E-state index in [1.54, 1.807) is 39.7 Å². The van der Waals surface area contributed by atoms with E-state index in [0.29, 0.717) is 33.8 Å². The van der Waals surface area contributed by atoms with Gasteiger partial charge in [-0.25, -0.2) is 9.37 Å². The number of benzene rings is 2. The minimum absolute atomic E-state index is 0. The number of hydrogen-bond donors (Lipinski definition) is 1. The zero-order valence-electron chi connectivity index (χ0n) is 22.5.